The summed E-state index contributed by atoms with van der Waals surface area (Å²) in [5, 5.41) is 4.25. The molecule has 2 aliphatic heterocycles. The molecule has 3 aromatic rings. The van der Waals surface area contributed by atoms with E-state index in [0.717, 1.165) is 17.0 Å². The van der Waals surface area contributed by atoms with E-state index in [4.69, 9.17) is 37.9 Å². The molecule has 1 N–H and O–H groups in total. The molecular formula is C41H49Cl2N7O3. The van der Waals surface area contributed by atoms with Gasteiger partial charge in [0.15, 0.2) is 0 Å². The number of allylic oxidation sites excluding steroid dienone is 3. The maximum absolute atomic E-state index is 15.3. The molecule has 0 bridgehead atoms. The van der Waals surface area contributed by atoms with Crippen LogP contribution in [0, 0.1) is 12.8 Å². The normalized spacial score (nSPS) is 23.5. The quantitative estimate of drug-likeness (QED) is 0.250. The van der Waals surface area contributed by atoms with Crippen LogP contribution in [0.4, 0.5) is 10.5 Å². The molecule has 280 valence electrons. The van der Waals surface area contributed by atoms with E-state index in [9.17, 15) is 4.79 Å². The molecule has 1 aliphatic carbocycles. The Morgan fingerprint density at radius 1 is 1.04 bits per heavy atom. The van der Waals surface area contributed by atoms with Crippen LogP contribution in [0.1, 0.15) is 70.5 Å². The van der Waals surface area contributed by atoms with Gasteiger partial charge in [-0.15, -0.1) is 0 Å². The van der Waals surface area contributed by atoms with Gasteiger partial charge in [-0.25, -0.2) is 4.79 Å². The summed E-state index contributed by atoms with van der Waals surface area (Å²) < 4.78 is 6.30. The molecule has 6 rings (SSSR count). The summed E-state index contributed by atoms with van der Waals surface area (Å²) in [5.74, 6) is 0.891. The molecule has 3 atom stereocenters. The van der Waals surface area contributed by atoms with Crippen molar-refractivity contribution in [2.45, 2.75) is 71.4 Å². The molecule has 3 aliphatic rings. The summed E-state index contributed by atoms with van der Waals surface area (Å²) in [4.78, 5) is 48.8. The fourth-order valence-electron chi connectivity index (χ4n) is 7.47. The minimum absolute atomic E-state index is 0.102. The lowest BCUT2D eigenvalue weighted by Crippen LogP contribution is -2.63. The Morgan fingerprint density at radius 2 is 1.75 bits per heavy atom. The summed E-state index contributed by atoms with van der Waals surface area (Å²) in [6.45, 7) is 16.9. The van der Waals surface area contributed by atoms with E-state index in [1.807, 2.05) is 72.2 Å². The Bertz CT molecular complexity index is 1950. The number of hydrogen-bond acceptors (Lipinski definition) is 7. The number of anilines is 1. The lowest BCUT2D eigenvalue weighted by molar-refractivity contribution is -0.117. The molecule has 53 heavy (non-hydrogen) atoms. The average Bonchev–Trinajstić information content (AvgIpc) is 3.37. The van der Waals surface area contributed by atoms with Crippen molar-refractivity contribution in [3.63, 3.8) is 0 Å². The zero-order valence-electron chi connectivity index (χ0n) is 31.6. The number of hydrogen-bond donors (Lipinski definition) is 1. The van der Waals surface area contributed by atoms with Gasteiger partial charge in [-0.1, -0.05) is 68.3 Å². The van der Waals surface area contributed by atoms with Crippen LogP contribution in [0.15, 0.2) is 83.1 Å². The van der Waals surface area contributed by atoms with Gasteiger partial charge in [-0.3, -0.25) is 29.6 Å². The fraction of sp³-hybridized carbons (Fsp3) is 0.439. The van der Waals surface area contributed by atoms with Crippen molar-refractivity contribution in [3.05, 3.63) is 106 Å². The first-order valence-corrected chi connectivity index (χ1v) is 19.0. The molecule has 10 nitrogen and oxygen atoms in total. The van der Waals surface area contributed by atoms with Crippen LogP contribution in [-0.4, -0.2) is 87.3 Å². The number of carbonyl (C=O) groups is 2. The minimum Gasteiger partial charge on any atom is -0.493 e. The lowest BCUT2D eigenvalue weighted by atomic mass is 9.66. The molecule has 0 radical (unpaired) electrons. The number of ether oxygens (including phenoxy) is 1. The highest BCUT2D eigenvalue weighted by atomic mass is 35.5. The van der Waals surface area contributed by atoms with Crippen LogP contribution < -0.4 is 10.1 Å². The number of urea groups is 1. The van der Waals surface area contributed by atoms with Crippen LogP contribution in [0.3, 0.4) is 0 Å². The number of nitrogens with one attached hydrogen (secondary N) is 1. The number of rotatable bonds is 8. The summed E-state index contributed by atoms with van der Waals surface area (Å²) in [7, 11) is 0. The van der Waals surface area contributed by atoms with E-state index in [2.05, 4.69) is 55.9 Å². The zero-order valence-corrected chi connectivity index (χ0v) is 33.1. The van der Waals surface area contributed by atoms with E-state index in [1.54, 1.807) is 18.5 Å². The molecule has 4 heterocycles. The second-order valence-electron chi connectivity index (χ2n) is 15.3. The van der Waals surface area contributed by atoms with Crippen molar-refractivity contribution < 1.29 is 14.3 Å². The minimum atomic E-state index is -0.985. The number of piperazine rings is 1. The Balaban J connectivity index is 1.39. The van der Waals surface area contributed by atoms with Gasteiger partial charge in [-0.05, 0) is 70.0 Å². The van der Waals surface area contributed by atoms with Crippen molar-refractivity contribution in [3.8, 4) is 5.75 Å². The summed E-state index contributed by atoms with van der Waals surface area (Å²) >= 11 is 12.9. The second kappa shape index (κ2) is 15.2. The molecule has 1 fully saturated rings. The van der Waals surface area contributed by atoms with Crippen LogP contribution >= 0.6 is 23.2 Å². The maximum atomic E-state index is 15.3. The lowest BCUT2D eigenvalue weighted by Gasteiger charge is -2.49. The predicted molar refractivity (Wildman–Crippen MR) is 212 cm³/mol. The standard InChI is InChI=1S/C41H49Cl2N7O3/c1-8-53-34-24-35(39(3,4)5)45-25-32(34)37-47-40(6,28-11-15-30(42)16-12-28)41(7,29-13-17-31(43)18-14-29)50(37)38(52)49-22-20-48(21-23-49)26-36(51)46-33-10-9-19-44-27(33)2/h9-11,13-19,24-25,28H,8,12,20-23,26H2,1-7H3,(H,46,51)/t28?,40-,41+/m0/s1. The van der Waals surface area contributed by atoms with E-state index < -0.39 is 11.1 Å². The SMILES string of the molecule is CCOc1cc(C(C)(C)C)ncc1C1=N[C@@](C)(C2C=CC(Cl)=CC2)[C@@](C)(c2ccc(Cl)cc2)N1C(=O)N1CCN(CC(=O)Nc2cccnc2C)CC1. The first-order valence-electron chi connectivity index (χ1n) is 18.2. The van der Waals surface area contributed by atoms with Gasteiger partial charge in [0, 0.05) is 71.7 Å². The highest BCUT2D eigenvalue weighted by Crippen LogP contribution is 2.54. The number of halogens is 2. The molecule has 1 saturated heterocycles. The zero-order chi connectivity index (χ0) is 38.1. The molecule has 1 unspecified atom stereocenters. The number of amides is 3. The smallest absolute Gasteiger partial charge is 0.326 e. The highest BCUT2D eigenvalue weighted by molar-refractivity contribution is 6.31. The average molecular weight is 759 g/mol. The van der Waals surface area contributed by atoms with E-state index in [1.165, 1.54) is 0 Å². The third kappa shape index (κ3) is 7.59. The van der Waals surface area contributed by atoms with Crippen LogP contribution in [0.2, 0.25) is 5.02 Å². The van der Waals surface area contributed by atoms with E-state index >= 15 is 4.79 Å². The van der Waals surface area contributed by atoms with Crippen LogP contribution in [-0.2, 0) is 15.7 Å². The van der Waals surface area contributed by atoms with E-state index in [0.29, 0.717) is 72.1 Å². The summed E-state index contributed by atoms with van der Waals surface area (Å²) in [6.07, 6.45) is 10.2. The number of aryl methyl sites for hydroxylation is 1. The van der Waals surface area contributed by atoms with Gasteiger partial charge in [0.1, 0.15) is 11.6 Å². The van der Waals surface area contributed by atoms with Gasteiger partial charge in [-0.2, -0.15) is 0 Å². The Morgan fingerprint density at radius 3 is 2.38 bits per heavy atom. The topological polar surface area (TPSA) is 103 Å². The molecule has 2 aromatic heterocycles. The monoisotopic (exact) mass is 757 g/mol. The predicted octanol–water partition coefficient (Wildman–Crippen LogP) is 7.95. The highest BCUT2D eigenvalue weighted by Gasteiger charge is 2.62. The molecule has 0 spiro atoms. The van der Waals surface area contributed by atoms with Gasteiger partial charge in [0.25, 0.3) is 0 Å². The van der Waals surface area contributed by atoms with Crippen LogP contribution in [0.25, 0.3) is 0 Å². The number of carbonyl (C=O) groups excluding carboxylic acids is 2. The molecule has 0 saturated carbocycles. The van der Waals surface area contributed by atoms with Crippen molar-refractivity contribution in [1.82, 2.24) is 24.7 Å². The van der Waals surface area contributed by atoms with Crippen molar-refractivity contribution in [2.75, 3.05) is 44.6 Å². The Hall–Kier alpha value is -4.25. The summed E-state index contributed by atoms with van der Waals surface area (Å²) in [5.41, 5.74) is 1.80. The van der Waals surface area contributed by atoms with Gasteiger partial charge < -0.3 is 15.0 Å². The third-order valence-electron chi connectivity index (χ3n) is 10.8. The maximum Gasteiger partial charge on any atom is 0.326 e. The second-order valence-corrected chi connectivity index (χ2v) is 16.1. The molecular weight excluding hydrogens is 709 g/mol. The van der Waals surface area contributed by atoms with Gasteiger partial charge in [0.05, 0.1) is 41.2 Å². The summed E-state index contributed by atoms with van der Waals surface area (Å²) in [6, 6.07) is 13.1. The first kappa shape index (κ1) is 38.5. The number of aromatic nitrogens is 2. The number of nitrogens with zero attached hydrogens (tertiary/aromatic N) is 6. The van der Waals surface area contributed by atoms with Crippen molar-refractivity contribution >= 4 is 46.7 Å². The van der Waals surface area contributed by atoms with Crippen LogP contribution in [0.5, 0.6) is 5.75 Å². The van der Waals surface area contributed by atoms with E-state index in [-0.39, 0.29) is 29.8 Å². The number of amidine groups is 1. The largest absolute Gasteiger partial charge is 0.493 e. The Kier molecular flexibility index (Phi) is 11.1. The first-order chi connectivity index (χ1) is 25.2. The van der Waals surface area contributed by atoms with Gasteiger partial charge in [0.2, 0.25) is 5.91 Å². The Labute approximate surface area is 322 Å². The molecule has 1 aromatic carbocycles. The number of pyridine rings is 2. The molecule has 3 amide bonds. The van der Waals surface area contributed by atoms with Gasteiger partial charge >= 0.3 is 6.03 Å². The number of benzene rings is 1. The fourth-order valence-corrected chi connectivity index (χ4v) is 7.76. The van der Waals surface area contributed by atoms with Crippen molar-refractivity contribution in [2.24, 2.45) is 10.9 Å². The number of aliphatic imine (C=N–C) groups is 1. The van der Waals surface area contributed by atoms with Crippen molar-refractivity contribution in [1.29, 1.82) is 0 Å². The third-order valence-corrected chi connectivity index (χ3v) is 11.4. The molecule has 12 heteroatoms.